The number of aryl methyl sites for hydroxylation is 1. The Kier molecular flexibility index (Phi) is 4.28. The molecule has 1 aromatic carbocycles. The van der Waals surface area contributed by atoms with E-state index >= 15 is 0 Å². The molecule has 1 unspecified atom stereocenters. The molecular formula is C17H23N3O. The van der Waals surface area contributed by atoms with E-state index in [2.05, 4.69) is 25.9 Å². The van der Waals surface area contributed by atoms with Gasteiger partial charge in [0.05, 0.1) is 11.7 Å². The molecule has 4 nitrogen and oxygen atoms in total. The molecule has 0 amide bonds. The zero-order chi connectivity index (χ0) is 15.6. The number of hydrogen-bond donors (Lipinski definition) is 1. The van der Waals surface area contributed by atoms with Crippen LogP contribution in [0.5, 0.6) is 0 Å². The van der Waals surface area contributed by atoms with Gasteiger partial charge >= 0.3 is 0 Å². The maximum Gasteiger partial charge on any atom is 0.271 e. The predicted molar refractivity (Wildman–Crippen MR) is 85.3 cm³/mol. The van der Waals surface area contributed by atoms with Crippen LogP contribution in [0.2, 0.25) is 0 Å². The van der Waals surface area contributed by atoms with Crippen LogP contribution in [0.3, 0.4) is 0 Å². The van der Waals surface area contributed by atoms with Crippen molar-refractivity contribution >= 4 is 0 Å². The van der Waals surface area contributed by atoms with Gasteiger partial charge in [0, 0.05) is 17.5 Å². The highest BCUT2D eigenvalue weighted by Crippen LogP contribution is 2.23. The number of nitrogens with two attached hydrogens (primary N) is 1. The third-order valence-electron chi connectivity index (χ3n) is 3.56. The first-order valence-electron chi connectivity index (χ1n) is 7.27. The second kappa shape index (κ2) is 5.82. The van der Waals surface area contributed by atoms with Crippen molar-refractivity contribution in [3.05, 3.63) is 63.6 Å². The molecule has 0 aliphatic carbocycles. The van der Waals surface area contributed by atoms with Crippen molar-refractivity contribution in [1.82, 2.24) is 9.78 Å². The lowest BCUT2D eigenvalue weighted by molar-refractivity contribution is 0.505. The fourth-order valence-corrected chi connectivity index (χ4v) is 2.21. The number of aromatic nitrogens is 2. The molecule has 112 valence electrons. The van der Waals surface area contributed by atoms with Gasteiger partial charge in [-0.05, 0) is 18.6 Å². The molecule has 1 heterocycles. The van der Waals surface area contributed by atoms with E-state index in [1.807, 2.05) is 43.3 Å². The second-order valence-electron chi connectivity index (χ2n) is 6.24. The third kappa shape index (κ3) is 3.22. The molecule has 0 radical (unpaired) electrons. The van der Waals surface area contributed by atoms with E-state index in [0.717, 1.165) is 11.3 Å². The summed E-state index contributed by atoms with van der Waals surface area (Å²) in [5, 5.41) is 4.45. The Bertz CT molecular complexity index is 669. The lowest BCUT2D eigenvalue weighted by atomic mass is 9.90. The van der Waals surface area contributed by atoms with E-state index in [4.69, 9.17) is 5.73 Å². The highest BCUT2D eigenvalue weighted by atomic mass is 16.1. The Labute approximate surface area is 125 Å². The standard InChI is InChI=1S/C17H23N3O/c1-5-20-16(21)13(11-14(19-20)17(2,3)4)15(18)12-9-7-6-8-10-12/h6-11,15H,5,18H2,1-4H3. The van der Waals surface area contributed by atoms with Crippen molar-refractivity contribution < 1.29 is 0 Å². The van der Waals surface area contributed by atoms with E-state index in [1.54, 1.807) is 0 Å². The van der Waals surface area contributed by atoms with Crippen molar-refractivity contribution in [3.63, 3.8) is 0 Å². The lowest BCUT2D eigenvalue weighted by Crippen LogP contribution is -2.33. The highest BCUT2D eigenvalue weighted by molar-refractivity contribution is 5.31. The summed E-state index contributed by atoms with van der Waals surface area (Å²) in [6.45, 7) is 8.70. The molecule has 2 rings (SSSR count). The zero-order valence-corrected chi connectivity index (χ0v) is 13.1. The summed E-state index contributed by atoms with van der Waals surface area (Å²) in [5.41, 5.74) is 8.49. The molecule has 0 fully saturated rings. The van der Waals surface area contributed by atoms with Crippen LogP contribution >= 0.6 is 0 Å². The smallest absolute Gasteiger partial charge is 0.271 e. The first-order chi connectivity index (χ1) is 9.84. The van der Waals surface area contributed by atoms with Gasteiger partial charge in [-0.25, -0.2) is 4.68 Å². The third-order valence-corrected chi connectivity index (χ3v) is 3.56. The molecule has 0 spiro atoms. The van der Waals surface area contributed by atoms with Crippen LogP contribution in [0.1, 0.15) is 50.6 Å². The van der Waals surface area contributed by atoms with Crippen LogP contribution < -0.4 is 11.3 Å². The van der Waals surface area contributed by atoms with E-state index < -0.39 is 6.04 Å². The van der Waals surface area contributed by atoms with Gasteiger partial charge in [-0.2, -0.15) is 5.10 Å². The number of rotatable bonds is 3. The maximum absolute atomic E-state index is 12.5. The van der Waals surface area contributed by atoms with E-state index in [0.29, 0.717) is 12.1 Å². The fourth-order valence-electron chi connectivity index (χ4n) is 2.21. The minimum absolute atomic E-state index is 0.109. The largest absolute Gasteiger partial charge is 0.320 e. The van der Waals surface area contributed by atoms with Gasteiger partial charge in [0.25, 0.3) is 5.56 Å². The summed E-state index contributed by atoms with van der Waals surface area (Å²) in [4.78, 5) is 12.5. The summed E-state index contributed by atoms with van der Waals surface area (Å²) in [6, 6.07) is 11.1. The Morgan fingerprint density at radius 3 is 2.38 bits per heavy atom. The zero-order valence-electron chi connectivity index (χ0n) is 13.1. The maximum atomic E-state index is 12.5. The van der Waals surface area contributed by atoms with Gasteiger partial charge < -0.3 is 5.73 Å². The molecule has 1 atom stereocenters. The molecule has 1 aromatic heterocycles. The van der Waals surface area contributed by atoms with Gasteiger partial charge in [-0.15, -0.1) is 0 Å². The summed E-state index contributed by atoms with van der Waals surface area (Å²) >= 11 is 0. The van der Waals surface area contributed by atoms with Crippen LogP contribution in [0, 0.1) is 0 Å². The molecule has 2 N–H and O–H groups in total. The first kappa shape index (κ1) is 15.4. The van der Waals surface area contributed by atoms with Crippen LogP contribution in [-0.2, 0) is 12.0 Å². The van der Waals surface area contributed by atoms with Gasteiger partial charge in [-0.1, -0.05) is 51.1 Å². The van der Waals surface area contributed by atoms with E-state index in [-0.39, 0.29) is 11.0 Å². The second-order valence-corrected chi connectivity index (χ2v) is 6.24. The SMILES string of the molecule is CCn1nc(C(C)(C)C)cc(C(N)c2ccccc2)c1=O. The predicted octanol–water partition coefficient (Wildman–Crippen LogP) is 2.61. The topological polar surface area (TPSA) is 60.9 Å². The molecule has 0 bridgehead atoms. The molecule has 4 heteroatoms. The highest BCUT2D eigenvalue weighted by Gasteiger charge is 2.22. The van der Waals surface area contributed by atoms with Crippen molar-refractivity contribution in [2.24, 2.45) is 5.73 Å². The minimum atomic E-state index is -0.430. The summed E-state index contributed by atoms with van der Waals surface area (Å²) in [5.74, 6) is 0. The molecular weight excluding hydrogens is 262 g/mol. The van der Waals surface area contributed by atoms with Crippen molar-refractivity contribution in [2.75, 3.05) is 0 Å². The number of nitrogens with zero attached hydrogens (tertiary/aromatic N) is 2. The lowest BCUT2D eigenvalue weighted by Gasteiger charge is -2.21. The van der Waals surface area contributed by atoms with Crippen molar-refractivity contribution in [2.45, 2.75) is 45.7 Å². The Hall–Kier alpha value is -1.94. The number of benzene rings is 1. The molecule has 0 saturated heterocycles. The van der Waals surface area contributed by atoms with Crippen LogP contribution in [0.4, 0.5) is 0 Å². The Morgan fingerprint density at radius 1 is 1.24 bits per heavy atom. The van der Waals surface area contributed by atoms with Crippen LogP contribution in [0.25, 0.3) is 0 Å². The summed E-state index contributed by atoms with van der Waals surface area (Å²) in [7, 11) is 0. The van der Waals surface area contributed by atoms with Gasteiger partial charge in [0.2, 0.25) is 0 Å². The molecule has 0 saturated carbocycles. The summed E-state index contributed by atoms with van der Waals surface area (Å²) in [6.07, 6.45) is 0. The molecule has 0 aliphatic rings. The molecule has 2 aromatic rings. The van der Waals surface area contributed by atoms with Gasteiger partial charge in [0.15, 0.2) is 0 Å². The Morgan fingerprint density at radius 2 is 1.86 bits per heavy atom. The molecule has 21 heavy (non-hydrogen) atoms. The van der Waals surface area contributed by atoms with Gasteiger partial charge in [0.1, 0.15) is 0 Å². The molecule has 0 aliphatic heterocycles. The van der Waals surface area contributed by atoms with Crippen LogP contribution in [-0.4, -0.2) is 9.78 Å². The van der Waals surface area contributed by atoms with Gasteiger partial charge in [-0.3, -0.25) is 4.79 Å². The monoisotopic (exact) mass is 285 g/mol. The average Bonchev–Trinajstić information content (AvgIpc) is 2.46. The van der Waals surface area contributed by atoms with E-state index in [9.17, 15) is 4.79 Å². The normalized spacial score (nSPS) is 13.2. The van der Waals surface area contributed by atoms with E-state index in [1.165, 1.54) is 4.68 Å². The Balaban J connectivity index is 2.60. The van der Waals surface area contributed by atoms with Crippen molar-refractivity contribution in [1.29, 1.82) is 0 Å². The van der Waals surface area contributed by atoms with Crippen LogP contribution in [0.15, 0.2) is 41.2 Å². The quantitative estimate of drug-likeness (QED) is 0.943. The van der Waals surface area contributed by atoms with Crippen molar-refractivity contribution in [3.8, 4) is 0 Å². The fraction of sp³-hybridized carbons (Fsp3) is 0.412. The summed E-state index contributed by atoms with van der Waals surface area (Å²) < 4.78 is 1.50. The minimum Gasteiger partial charge on any atom is -0.320 e. The number of hydrogen-bond acceptors (Lipinski definition) is 3. The average molecular weight is 285 g/mol. The first-order valence-corrected chi connectivity index (χ1v) is 7.27.